The molecule has 0 saturated carbocycles. The van der Waals surface area contributed by atoms with Gasteiger partial charge in [0, 0.05) is 31.2 Å². The lowest BCUT2D eigenvalue weighted by Crippen LogP contribution is -2.41. The first kappa shape index (κ1) is 11.3. The van der Waals surface area contributed by atoms with Crippen LogP contribution >= 0.6 is 0 Å². The van der Waals surface area contributed by atoms with Gasteiger partial charge in [-0.15, -0.1) is 0 Å². The van der Waals surface area contributed by atoms with E-state index in [1.807, 2.05) is 12.1 Å². The van der Waals surface area contributed by atoms with Gasteiger partial charge < -0.3 is 4.90 Å². The number of nitrogens with two attached hydrogens (primary N) is 1. The highest BCUT2D eigenvalue weighted by Crippen LogP contribution is 2.21. The number of sulfonamides is 1. The molecule has 1 saturated heterocycles. The van der Waals surface area contributed by atoms with Crippen LogP contribution in [0.15, 0.2) is 24.5 Å². The van der Waals surface area contributed by atoms with Crippen LogP contribution in [0.2, 0.25) is 0 Å². The van der Waals surface area contributed by atoms with E-state index in [4.69, 9.17) is 5.14 Å². The molecule has 1 aliphatic heterocycles. The zero-order valence-electron chi connectivity index (χ0n) is 8.91. The van der Waals surface area contributed by atoms with Crippen LogP contribution in [0.3, 0.4) is 0 Å². The molecule has 2 heterocycles. The van der Waals surface area contributed by atoms with Crippen LogP contribution in [0.25, 0.3) is 0 Å². The molecule has 2 rings (SSSR count). The highest BCUT2D eigenvalue weighted by molar-refractivity contribution is 7.89. The first-order valence-electron chi connectivity index (χ1n) is 5.24. The molecule has 0 amide bonds. The molecule has 16 heavy (non-hydrogen) atoms. The van der Waals surface area contributed by atoms with Gasteiger partial charge in [-0.05, 0) is 25.0 Å². The van der Waals surface area contributed by atoms with Crippen molar-refractivity contribution in [1.29, 1.82) is 0 Å². The summed E-state index contributed by atoms with van der Waals surface area (Å²) in [5.41, 5.74) is 1.09. The van der Waals surface area contributed by atoms with Crippen molar-refractivity contribution in [3.63, 3.8) is 0 Å². The largest absolute Gasteiger partial charge is 0.371 e. The van der Waals surface area contributed by atoms with Gasteiger partial charge in [0.25, 0.3) is 0 Å². The van der Waals surface area contributed by atoms with Crippen LogP contribution in [-0.2, 0) is 10.0 Å². The first-order valence-corrected chi connectivity index (χ1v) is 6.85. The maximum atomic E-state index is 11.2. The summed E-state index contributed by atoms with van der Waals surface area (Å²) in [5.74, 6) is 0. The summed E-state index contributed by atoms with van der Waals surface area (Å²) in [6, 6.07) is 3.86. The monoisotopic (exact) mass is 241 g/mol. The maximum Gasteiger partial charge on any atom is 0.212 e. The standard InChI is InChI=1S/C10H15N3O2S/c11-16(14,15)10-3-7-13(8-4-10)9-1-5-12-6-2-9/h1-2,5-6,10H,3-4,7-8H2,(H2,11,14,15). The van der Waals surface area contributed by atoms with Crippen LogP contribution in [0, 0.1) is 0 Å². The molecule has 2 N–H and O–H groups in total. The van der Waals surface area contributed by atoms with Crippen molar-refractivity contribution in [1.82, 2.24) is 4.98 Å². The molecule has 1 aromatic rings. The van der Waals surface area contributed by atoms with E-state index >= 15 is 0 Å². The van der Waals surface area contributed by atoms with E-state index < -0.39 is 10.0 Å². The second-order valence-corrected chi connectivity index (χ2v) is 5.83. The number of pyridine rings is 1. The van der Waals surface area contributed by atoms with E-state index in [2.05, 4.69) is 9.88 Å². The molecule has 1 aliphatic rings. The number of anilines is 1. The zero-order chi connectivity index (χ0) is 11.6. The SMILES string of the molecule is NS(=O)(=O)C1CCN(c2ccncc2)CC1. The third kappa shape index (κ3) is 2.51. The van der Waals surface area contributed by atoms with Crippen LogP contribution < -0.4 is 10.0 Å². The first-order chi connectivity index (χ1) is 7.57. The number of hydrogen-bond acceptors (Lipinski definition) is 4. The van der Waals surface area contributed by atoms with Gasteiger partial charge in [0.05, 0.1) is 5.25 Å². The fourth-order valence-corrected chi connectivity index (χ4v) is 2.87. The lowest BCUT2D eigenvalue weighted by Gasteiger charge is -2.32. The molecule has 6 heteroatoms. The van der Waals surface area contributed by atoms with Crippen LogP contribution in [-0.4, -0.2) is 31.7 Å². The summed E-state index contributed by atoms with van der Waals surface area (Å²) in [5, 5.41) is 4.75. The Morgan fingerprint density at radius 2 is 1.81 bits per heavy atom. The molecule has 5 nitrogen and oxygen atoms in total. The van der Waals surface area contributed by atoms with Crippen molar-refractivity contribution >= 4 is 15.7 Å². The lowest BCUT2D eigenvalue weighted by atomic mass is 10.1. The maximum absolute atomic E-state index is 11.2. The molecule has 0 unspecified atom stereocenters. The molecule has 0 radical (unpaired) electrons. The van der Waals surface area contributed by atoms with Gasteiger partial charge in [-0.1, -0.05) is 0 Å². The van der Waals surface area contributed by atoms with Gasteiger partial charge in [0.2, 0.25) is 10.0 Å². The molecule has 1 fully saturated rings. The summed E-state index contributed by atoms with van der Waals surface area (Å²) >= 11 is 0. The summed E-state index contributed by atoms with van der Waals surface area (Å²) in [6.45, 7) is 1.45. The fraction of sp³-hybridized carbons (Fsp3) is 0.500. The average molecular weight is 241 g/mol. The van der Waals surface area contributed by atoms with E-state index in [0.29, 0.717) is 12.8 Å². The zero-order valence-corrected chi connectivity index (χ0v) is 9.73. The Hall–Kier alpha value is -1.14. The highest BCUT2D eigenvalue weighted by atomic mass is 32.2. The summed E-state index contributed by atoms with van der Waals surface area (Å²) in [6.07, 6.45) is 4.67. The van der Waals surface area contributed by atoms with Crippen molar-refractivity contribution in [2.24, 2.45) is 5.14 Å². The van der Waals surface area contributed by atoms with E-state index in [0.717, 1.165) is 18.8 Å². The predicted octanol–water partition coefficient (Wildman–Crippen LogP) is 0.339. The van der Waals surface area contributed by atoms with Crippen molar-refractivity contribution in [2.75, 3.05) is 18.0 Å². The lowest BCUT2D eigenvalue weighted by molar-refractivity contribution is 0.531. The molecular formula is C10H15N3O2S. The second-order valence-electron chi connectivity index (χ2n) is 3.98. The number of hydrogen-bond donors (Lipinski definition) is 1. The number of piperidine rings is 1. The van der Waals surface area contributed by atoms with Crippen LogP contribution in [0.4, 0.5) is 5.69 Å². The summed E-state index contributed by atoms with van der Waals surface area (Å²) in [7, 11) is -3.37. The van der Waals surface area contributed by atoms with Crippen molar-refractivity contribution in [2.45, 2.75) is 18.1 Å². The second kappa shape index (κ2) is 4.39. The Morgan fingerprint density at radius 1 is 1.25 bits per heavy atom. The minimum absolute atomic E-state index is 0.384. The van der Waals surface area contributed by atoms with Crippen LogP contribution in [0.1, 0.15) is 12.8 Å². The molecule has 0 atom stereocenters. The molecule has 0 bridgehead atoms. The third-order valence-corrected chi connectivity index (χ3v) is 4.34. The molecule has 0 aliphatic carbocycles. The van der Waals surface area contributed by atoms with Crippen LogP contribution in [0.5, 0.6) is 0 Å². The van der Waals surface area contributed by atoms with E-state index in [1.54, 1.807) is 12.4 Å². The predicted molar refractivity (Wildman–Crippen MR) is 62.6 cm³/mol. The van der Waals surface area contributed by atoms with Crippen molar-refractivity contribution < 1.29 is 8.42 Å². The molecule has 88 valence electrons. The summed E-state index contributed by atoms with van der Waals surface area (Å²) < 4.78 is 22.4. The quantitative estimate of drug-likeness (QED) is 0.810. The van der Waals surface area contributed by atoms with Gasteiger partial charge in [-0.3, -0.25) is 4.98 Å². The average Bonchev–Trinajstić information content (AvgIpc) is 2.29. The Morgan fingerprint density at radius 3 is 2.31 bits per heavy atom. The van der Waals surface area contributed by atoms with E-state index in [1.165, 1.54) is 0 Å². The van der Waals surface area contributed by atoms with Gasteiger partial charge in [-0.25, -0.2) is 13.6 Å². The van der Waals surface area contributed by atoms with Gasteiger partial charge in [0.15, 0.2) is 0 Å². The number of aromatic nitrogens is 1. The topological polar surface area (TPSA) is 76.3 Å². The normalized spacial score (nSPS) is 18.7. The van der Waals surface area contributed by atoms with E-state index in [-0.39, 0.29) is 5.25 Å². The Bertz CT molecular complexity index is 438. The van der Waals surface area contributed by atoms with Gasteiger partial charge in [0.1, 0.15) is 0 Å². The minimum atomic E-state index is -3.37. The van der Waals surface area contributed by atoms with Crippen molar-refractivity contribution in [3.05, 3.63) is 24.5 Å². The summed E-state index contributed by atoms with van der Waals surface area (Å²) in [4.78, 5) is 6.11. The number of nitrogens with zero attached hydrogens (tertiary/aromatic N) is 2. The van der Waals surface area contributed by atoms with Gasteiger partial charge in [-0.2, -0.15) is 0 Å². The minimum Gasteiger partial charge on any atom is -0.371 e. The van der Waals surface area contributed by atoms with Crippen molar-refractivity contribution in [3.8, 4) is 0 Å². The fourth-order valence-electron chi connectivity index (χ4n) is 2.00. The Labute approximate surface area is 95.3 Å². The number of rotatable bonds is 2. The smallest absolute Gasteiger partial charge is 0.212 e. The molecule has 1 aromatic heterocycles. The highest BCUT2D eigenvalue weighted by Gasteiger charge is 2.27. The van der Waals surface area contributed by atoms with E-state index in [9.17, 15) is 8.42 Å². The Kier molecular flexibility index (Phi) is 3.11. The molecule has 0 spiro atoms. The Balaban J connectivity index is 2.01. The third-order valence-electron chi connectivity index (χ3n) is 2.93. The number of primary sulfonamides is 1. The van der Waals surface area contributed by atoms with Gasteiger partial charge >= 0.3 is 0 Å². The molecular weight excluding hydrogens is 226 g/mol. The molecule has 0 aromatic carbocycles.